The van der Waals surface area contributed by atoms with E-state index >= 15 is 0 Å². The Balaban J connectivity index is 2.92. The van der Waals surface area contributed by atoms with Crippen molar-refractivity contribution in [2.24, 2.45) is 5.73 Å². The van der Waals surface area contributed by atoms with Gasteiger partial charge in [-0.15, -0.1) is 0 Å². The molecular weight excluding hydrogens is 290 g/mol. The lowest BCUT2D eigenvalue weighted by molar-refractivity contribution is 0.625. The fraction of sp³-hybridized carbons (Fsp3) is 0.700. The van der Waals surface area contributed by atoms with Crippen molar-refractivity contribution < 1.29 is 4.21 Å². The quantitative estimate of drug-likeness (QED) is 0.898. The van der Waals surface area contributed by atoms with Crippen LogP contribution in [0.4, 0.5) is 0 Å². The van der Waals surface area contributed by atoms with E-state index in [-0.39, 0.29) is 5.25 Å². The maximum absolute atomic E-state index is 11.9. The minimum atomic E-state index is -0.940. The van der Waals surface area contributed by atoms with Crippen molar-refractivity contribution in [2.45, 2.75) is 38.3 Å². The maximum atomic E-state index is 11.9. The van der Waals surface area contributed by atoms with Crippen LogP contribution in [0, 0.1) is 6.92 Å². The van der Waals surface area contributed by atoms with Crippen LogP contribution in [0.1, 0.15) is 25.2 Å². The van der Waals surface area contributed by atoms with Gasteiger partial charge in [0.1, 0.15) is 0 Å². The minimum Gasteiger partial charge on any atom is -0.329 e. The van der Waals surface area contributed by atoms with Crippen molar-refractivity contribution in [1.29, 1.82) is 0 Å². The van der Waals surface area contributed by atoms with Gasteiger partial charge in [0.25, 0.3) is 0 Å². The summed E-state index contributed by atoms with van der Waals surface area (Å²) in [6, 6.07) is 0. The molecule has 0 aliphatic carbocycles. The summed E-state index contributed by atoms with van der Waals surface area (Å²) < 4.78 is 14.8. The van der Waals surface area contributed by atoms with Gasteiger partial charge in [-0.05, 0) is 36.7 Å². The Morgan fingerprint density at radius 2 is 2.25 bits per heavy atom. The first-order chi connectivity index (χ1) is 7.51. The van der Waals surface area contributed by atoms with Crippen LogP contribution in [0.2, 0.25) is 0 Å². The molecule has 2 N–H and O–H groups in total. The predicted molar refractivity (Wildman–Crippen MR) is 70.7 cm³/mol. The zero-order valence-corrected chi connectivity index (χ0v) is 12.3. The van der Waals surface area contributed by atoms with E-state index in [9.17, 15) is 4.21 Å². The molecule has 92 valence electrons. The van der Waals surface area contributed by atoms with Gasteiger partial charge in [0.05, 0.1) is 21.6 Å². The van der Waals surface area contributed by atoms with Gasteiger partial charge in [-0.25, -0.2) is 0 Å². The van der Waals surface area contributed by atoms with Crippen molar-refractivity contribution in [3.05, 3.63) is 15.9 Å². The van der Waals surface area contributed by atoms with Gasteiger partial charge in [-0.3, -0.25) is 8.89 Å². The van der Waals surface area contributed by atoms with Crippen molar-refractivity contribution in [2.75, 3.05) is 6.54 Å². The average Bonchev–Trinajstić information content (AvgIpc) is 2.55. The molecule has 0 aromatic carbocycles. The third kappa shape index (κ3) is 2.93. The predicted octanol–water partition coefficient (Wildman–Crippen LogP) is 1.57. The Bertz CT molecular complexity index is 392. The lowest BCUT2D eigenvalue weighted by Gasteiger charge is -2.10. The average molecular weight is 308 g/mol. The smallest absolute Gasteiger partial charge is 0.0739 e. The summed E-state index contributed by atoms with van der Waals surface area (Å²) in [7, 11) is -0.940. The van der Waals surface area contributed by atoms with Gasteiger partial charge >= 0.3 is 0 Å². The summed E-state index contributed by atoms with van der Waals surface area (Å²) in [4.78, 5) is 0. The largest absolute Gasteiger partial charge is 0.329 e. The number of rotatable bonds is 5. The second kappa shape index (κ2) is 5.93. The lowest BCUT2D eigenvalue weighted by Crippen LogP contribution is -2.23. The topological polar surface area (TPSA) is 60.9 Å². The number of halogens is 1. The normalized spacial score (nSPS) is 15.1. The molecule has 0 aliphatic rings. The van der Waals surface area contributed by atoms with E-state index in [1.165, 1.54) is 0 Å². The van der Waals surface area contributed by atoms with Crippen molar-refractivity contribution in [3.8, 4) is 0 Å². The molecule has 6 heteroatoms. The summed E-state index contributed by atoms with van der Waals surface area (Å²) in [5.41, 5.74) is 7.45. The molecule has 1 rings (SSSR count). The standard InChI is InChI=1S/C10H18BrN3OS/c1-4-14-9(10(11)8(3)13-14)6-16(15)7(2)5-12/h7H,4-6,12H2,1-3H3. The van der Waals surface area contributed by atoms with Crippen LogP contribution < -0.4 is 5.73 Å². The van der Waals surface area contributed by atoms with E-state index < -0.39 is 10.8 Å². The molecule has 0 radical (unpaired) electrons. The van der Waals surface area contributed by atoms with Crippen molar-refractivity contribution in [3.63, 3.8) is 0 Å². The first kappa shape index (κ1) is 13.9. The van der Waals surface area contributed by atoms with Crippen LogP contribution in [0.25, 0.3) is 0 Å². The van der Waals surface area contributed by atoms with Crippen LogP contribution in [0.15, 0.2) is 4.47 Å². The Morgan fingerprint density at radius 3 is 2.75 bits per heavy atom. The highest BCUT2D eigenvalue weighted by Gasteiger charge is 2.17. The van der Waals surface area contributed by atoms with Crippen LogP contribution in [-0.4, -0.2) is 25.8 Å². The van der Waals surface area contributed by atoms with Gasteiger partial charge in [0, 0.05) is 29.1 Å². The fourth-order valence-electron chi connectivity index (χ4n) is 1.39. The molecule has 0 aliphatic heterocycles. The van der Waals surface area contributed by atoms with Gasteiger partial charge in [-0.2, -0.15) is 5.10 Å². The van der Waals surface area contributed by atoms with E-state index in [0.29, 0.717) is 12.3 Å². The molecular formula is C10H18BrN3OS. The molecule has 0 spiro atoms. The highest BCUT2D eigenvalue weighted by molar-refractivity contribution is 9.10. The van der Waals surface area contributed by atoms with Crippen molar-refractivity contribution >= 4 is 26.7 Å². The highest BCUT2D eigenvalue weighted by atomic mass is 79.9. The molecule has 1 aromatic rings. The van der Waals surface area contributed by atoms with E-state index in [2.05, 4.69) is 21.0 Å². The van der Waals surface area contributed by atoms with E-state index in [4.69, 9.17) is 5.73 Å². The molecule has 0 amide bonds. The summed E-state index contributed by atoms with van der Waals surface area (Å²) in [6.07, 6.45) is 0. The van der Waals surface area contributed by atoms with Crippen LogP contribution >= 0.6 is 15.9 Å². The van der Waals surface area contributed by atoms with E-state index in [1.807, 2.05) is 25.5 Å². The molecule has 0 bridgehead atoms. The Kier molecular flexibility index (Phi) is 5.14. The number of nitrogens with two attached hydrogens (primary N) is 1. The molecule has 0 saturated heterocycles. The Hall–Kier alpha value is -0.200. The maximum Gasteiger partial charge on any atom is 0.0739 e. The first-order valence-corrected chi connectivity index (χ1v) is 7.47. The van der Waals surface area contributed by atoms with Crippen molar-refractivity contribution in [1.82, 2.24) is 9.78 Å². The number of hydrogen-bond donors (Lipinski definition) is 1. The van der Waals surface area contributed by atoms with Crippen LogP contribution in [0.5, 0.6) is 0 Å². The van der Waals surface area contributed by atoms with Crippen LogP contribution in [0.3, 0.4) is 0 Å². The monoisotopic (exact) mass is 307 g/mol. The number of aromatic nitrogens is 2. The second-order valence-corrected chi connectivity index (χ2v) is 6.38. The first-order valence-electron chi connectivity index (χ1n) is 5.30. The molecule has 0 saturated carbocycles. The van der Waals surface area contributed by atoms with Gasteiger partial charge in [-0.1, -0.05) is 0 Å². The summed E-state index contributed by atoms with van der Waals surface area (Å²) >= 11 is 3.49. The summed E-state index contributed by atoms with van der Waals surface area (Å²) in [5.74, 6) is 0.508. The number of nitrogens with zero attached hydrogens (tertiary/aromatic N) is 2. The summed E-state index contributed by atoms with van der Waals surface area (Å²) in [6.45, 7) is 7.11. The van der Waals surface area contributed by atoms with Gasteiger partial charge in [0.15, 0.2) is 0 Å². The SMILES string of the molecule is CCn1nc(C)c(Br)c1CS(=O)C(C)CN. The molecule has 0 fully saturated rings. The summed E-state index contributed by atoms with van der Waals surface area (Å²) in [5, 5.41) is 4.39. The fourth-order valence-corrected chi connectivity index (χ4v) is 3.06. The number of hydrogen-bond acceptors (Lipinski definition) is 3. The lowest BCUT2D eigenvalue weighted by atomic mass is 10.4. The van der Waals surface area contributed by atoms with E-state index in [0.717, 1.165) is 22.4 Å². The van der Waals surface area contributed by atoms with Gasteiger partial charge < -0.3 is 5.73 Å². The highest BCUT2D eigenvalue weighted by Crippen LogP contribution is 2.22. The second-order valence-electron chi connectivity index (χ2n) is 3.73. The molecule has 2 atom stereocenters. The third-order valence-corrected chi connectivity index (χ3v) is 5.19. The molecule has 2 unspecified atom stereocenters. The molecule has 16 heavy (non-hydrogen) atoms. The van der Waals surface area contributed by atoms with Gasteiger partial charge in [0.2, 0.25) is 0 Å². The zero-order chi connectivity index (χ0) is 12.3. The Labute approximate surface area is 107 Å². The molecule has 4 nitrogen and oxygen atoms in total. The van der Waals surface area contributed by atoms with E-state index in [1.54, 1.807) is 0 Å². The Morgan fingerprint density at radius 1 is 1.62 bits per heavy atom. The minimum absolute atomic E-state index is 0.0208. The number of aryl methyl sites for hydroxylation is 2. The zero-order valence-electron chi connectivity index (χ0n) is 9.86. The molecule has 1 heterocycles. The van der Waals surface area contributed by atoms with Crippen LogP contribution in [-0.2, 0) is 23.1 Å². The third-order valence-electron chi connectivity index (χ3n) is 2.51. The molecule has 1 aromatic heterocycles.